The minimum atomic E-state index is -0.873. The fourth-order valence-electron chi connectivity index (χ4n) is 2.62. The van der Waals surface area contributed by atoms with Crippen LogP contribution in [0, 0.1) is 11.6 Å². The topological polar surface area (TPSA) is 54.7 Å². The van der Waals surface area contributed by atoms with Crippen LogP contribution in [-0.2, 0) is 0 Å². The molecular formula is C13H15F2N3. The van der Waals surface area contributed by atoms with Crippen LogP contribution in [0.4, 0.5) is 8.78 Å². The van der Waals surface area contributed by atoms with Crippen LogP contribution in [0.3, 0.4) is 0 Å². The molecule has 0 atom stereocenters. The molecule has 1 fully saturated rings. The summed E-state index contributed by atoms with van der Waals surface area (Å²) in [5.74, 6) is -0.699. The Morgan fingerprint density at radius 3 is 2.61 bits per heavy atom. The van der Waals surface area contributed by atoms with Gasteiger partial charge in [-0.3, -0.25) is 0 Å². The maximum atomic E-state index is 13.6. The summed E-state index contributed by atoms with van der Waals surface area (Å²) in [5.41, 5.74) is 6.51. The molecule has 2 aromatic rings. The van der Waals surface area contributed by atoms with E-state index in [1.165, 1.54) is 6.07 Å². The molecule has 0 radical (unpaired) electrons. The number of aromatic amines is 1. The van der Waals surface area contributed by atoms with Crippen molar-refractivity contribution in [3.05, 3.63) is 29.6 Å². The number of H-pyrrole nitrogens is 1. The Hall–Kier alpha value is -1.49. The largest absolute Gasteiger partial charge is 0.342 e. The number of halogens is 2. The third kappa shape index (κ3) is 1.88. The van der Waals surface area contributed by atoms with Crippen LogP contribution in [-0.4, -0.2) is 16.0 Å². The molecular weight excluding hydrogens is 236 g/mol. The monoisotopic (exact) mass is 251 g/mol. The molecule has 1 aliphatic carbocycles. The molecule has 1 aromatic carbocycles. The number of nitrogens with zero attached hydrogens (tertiary/aromatic N) is 1. The van der Waals surface area contributed by atoms with Gasteiger partial charge in [0.15, 0.2) is 11.6 Å². The zero-order valence-corrected chi connectivity index (χ0v) is 9.92. The van der Waals surface area contributed by atoms with Gasteiger partial charge in [0.2, 0.25) is 0 Å². The number of hydrogen-bond donors (Lipinski definition) is 2. The molecule has 18 heavy (non-hydrogen) atoms. The molecule has 96 valence electrons. The third-order valence-electron chi connectivity index (χ3n) is 3.72. The van der Waals surface area contributed by atoms with Gasteiger partial charge in [-0.25, -0.2) is 13.8 Å². The molecule has 0 bridgehead atoms. The van der Waals surface area contributed by atoms with Crippen LogP contribution >= 0.6 is 0 Å². The van der Waals surface area contributed by atoms with E-state index < -0.39 is 11.6 Å². The van der Waals surface area contributed by atoms with Crippen molar-refractivity contribution in [2.45, 2.75) is 37.6 Å². The summed E-state index contributed by atoms with van der Waals surface area (Å²) in [4.78, 5) is 7.30. The fraction of sp³-hybridized carbons (Fsp3) is 0.462. The lowest BCUT2D eigenvalue weighted by atomic mass is 9.86. The maximum Gasteiger partial charge on any atom is 0.186 e. The smallest absolute Gasteiger partial charge is 0.186 e. The quantitative estimate of drug-likeness (QED) is 0.818. The normalized spacial score (nSPS) is 24.6. The van der Waals surface area contributed by atoms with Gasteiger partial charge >= 0.3 is 0 Å². The van der Waals surface area contributed by atoms with Crippen molar-refractivity contribution in [1.82, 2.24) is 9.97 Å². The first-order chi connectivity index (χ1) is 8.65. The summed E-state index contributed by atoms with van der Waals surface area (Å²) in [6, 6.07) is 2.91. The summed E-state index contributed by atoms with van der Waals surface area (Å²) in [5, 5.41) is 0. The molecule has 3 N–H and O–H groups in total. The fourth-order valence-corrected chi connectivity index (χ4v) is 2.62. The summed E-state index contributed by atoms with van der Waals surface area (Å²) in [6.07, 6.45) is 3.81. The molecule has 0 saturated heterocycles. The van der Waals surface area contributed by atoms with Gasteiger partial charge in [-0.05, 0) is 37.8 Å². The highest BCUT2D eigenvalue weighted by Gasteiger charge is 2.23. The van der Waals surface area contributed by atoms with Crippen molar-refractivity contribution in [1.29, 1.82) is 0 Å². The summed E-state index contributed by atoms with van der Waals surface area (Å²) in [7, 11) is 0. The average molecular weight is 251 g/mol. The number of fused-ring (bicyclic) bond motifs is 1. The third-order valence-corrected chi connectivity index (χ3v) is 3.72. The van der Waals surface area contributed by atoms with Crippen molar-refractivity contribution >= 4 is 11.0 Å². The van der Waals surface area contributed by atoms with Crippen molar-refractivity contribution in [3.8, 4) is 0 Å². The molecule has 1 aliphatic rings. The number of aromatic nitrogens is 2. The van der Waals surface area contributed by atoms with E-state index in [-0.39, 0.29) is 17.5 Å². The number of imidazole rings is 1. The minimum absolute atomic E-state index is 0.0971. The van der Waals surface area contributed by atoms with Crippen molar-refractivity contribution in [3.63, 3.8) is 0 Å². The Labute approximate surface area is 103 Å². The maximum absolute atomic E-state index is 13.6. The summed E-state index contributed by atoms with van der Waals surface area (Å²) >= 11 is 0. The lowest BCUT2D eigenvalue weighted by Crippen LogP contribution is -2.26. The van der Waals surface area contributed by atoms with Crippen molar-refractivity contribution in [2.75, 3.05) is 0 Å². The van der Waals surface area contributed by atoms with Gasteiger partial charge in [-0.2, -0.15) is 0 Å². The molecule has 0 amide bonds. The van der Waals surface area contributed by atoms with Gasteiger partial charge < -0.3 is 10.7 Å². The van der Waals surface area contributed by atoms with Gasteiger partial charge in [-0.15, -0.1) is 0 Å². The minimum Gasteiger partial charge on any atom is -0.342 e. The van der Waals surface area contributed by atoms with Gasteiger partial charge in [0.1, 0.15) is 11.3 Å². The van der Waals surface area contributed by atoms with E-state index in [9.17, 15) is 8.78 Å². The predicted molar refractivity (Wildman–Crippen MR) is 65.2 cm³/mol. The van der Waals surface area contributed by atoms with Crippen LogP contribution in [0.15, 0.2) is 12.1 Å². The number of rotatable bonds is 1. The summed E-state index contributed by atoms with van der Waals surface area (Å²) < 4.78 is 26.7. The second-order valence-corrected chi connectivity index (χ2v) is 4.99. The number of hydrogen-bond acceptors (Lipinski definition) is 2. The summed E-state index contributed by atoms with van der Waals surface area (Å²) in [6.45, 7) is 0. The number of benzene rings is 1. The number of nitrogens with two attached hydrogens (primary N) is 1. The Balaban J connectivity index is 1.96. The highest BCUT2D eigenvalue weighted by atomic mass is 19.2. The molecule has 1 saturated carbocycles. The first-order valence-electron chi connectivity index (χ1n) is 6.24. The Kier molecular flexibility index (Phi) is 2.78. The van der Waals surface area contributed by atoms with Crippen LogP contribution in [0.25, 0.3) is 11.0 Å². The van der Waals surface area contributed by atoms with Gasteiger partial charge in [-0.1, -0.05) is 0 Å². The highest BCUT2D eigenvalue weighted by molar-refractivity contribution is 5.75. The molecule has 5 heteroatoms. The van der Waals surface area contributed by atoms with Crippen LogP contribution in [0.1, 0.15) is 37.4 Å². The number of nitrogens with one attached hydrogen (secondary N) is 1. The standard InChI is InChI=1S/C13H15F2N3/c14-9-5-6-10-12(11(9)15)18-13(17-10)7-1-3-8(16)4-2-7/h5-8H,1-4,16H2,(H,17,18). The molecule has 0 aliphatic heterocycles. The van der Waals surface area contributed by atoms with E-state index >= 15 is 0 Å². The Bertz CT molecular complexity index is 571. The second kappa shape index (κ2) is 4.31. The van der Waals surface area contributed by atoms with E-state index in [0.717, 1.165) is 37.6 Å². The lowest BCUT2D eigenvalue weighted by molar-refractivity contribution is 0.386. The van der Waals surface area contributed by atoms with Crippen LogP contribution < -0.4 is 5.73 Å². The molecule has 1 heterocycles. The van der Waals surface area contributed by atoms with Gasteiger partial charge in [0.25, 0.3) is 0 Å². The van der Waals surface area contributed by atoms with Crippen molar-refractivity contribution in [2.24, 2.45) is 5.73 Å². The zero-order chi connectivity index (χ0) is 12.7. The van der Waals surface area contributed by atoms with E-state index in [1.54, 1.807) is 0 Å². The first kappa shape index (κ1) is 11.6. The van der Waals surface area contributed by atoms with E-state index in [2.05, 4.69) is 9.97 Å². The van der Waals surface area contributed by atoms with Crippen LogP contribution in [0.5, 0.6) is 0 Å². The highest BCUT2D eigenvalue weighted by Crippen LogP contribution is 2.32. The Morgan fingerprint density at radius 2 is 1.89 bits per heavy atom. The predicted octanol–water partition coefficient (Wildman–Crippen LogP) is 2.83. The van der Waals surface area contributed by atoms with Gasteiger partial charge in [0.05, 0.1) is 5.52 Å². The van der Waals surface area contributed by atoms with E-state index in [1.807, 2.05) is 0 Å². The van der Waals surface area contributed by atoms with Gasteiger partial charge in [0, 0.05) is 12.0 Å². The Morgan fingerprint density at radius 1 is 1.17 bits per heavy atom. The molecule has 1 aromatic heterocycles. The average Bonchev–Trinajstić information content (AvgIpc) is 2.80. The molecule has 0 unspecified atom stereocenters. The first-order valence-corrected chi connectivity index (χ1v) is 6.24. The van der Waals surface area contributed by atoms with E-state index in [4.69, 9.17) is 5.73 Å². The lowest BCUT2D eigenvalue weighted by Gasteiger charge is -2.24. The molecule has 3 nitrogen and oxygen atoms in total. The van der Waals surface area contributed by atoms with Crippen molar-refractivity contribution < 1.29 is 8.78 Å². The second-order valence-electron chi connectivity index (χ2n) is 4.99. The van der Waals surface area contributed by atoms with E-state index in [0.29, 0.717) is 5.52 Å². The molecule has 0 spiro atoms. The zero-order valence-electron chi connectivity index (χ0n) is 9.92. The molecule has 3 rings (SSSR count). The van der Waals surface area contributed by atoms with Crippen LogP contribution in [0.2, 0.25) is 0 Å². The SMILES string of the molecule is NC1CCC(c2nc3c(F)c(F)ccc3[nH]2)CC1.